The van der Waals surface area contributed by atoms with Crippen molar-refractivity contribution in [3.63, 3.8) is 0 Å². The second-order valence-corrected chi connectivity index (χ2v) is 3.46. The first kappa shape index (κ1) is 11.5. The summed E-state index contributed by atoms with van der Waals surface area (Å²) in [6.07, 6.45) is -2.99. The van der Waals surface area contributed by atoms with E-state index in [0.29, 0.717) is 0 Å². The van der Waals surface area contributed by atoms with Gasteiger partial charge in [0, 0.05) is 0 Å². The SMILES string of the molecule is COC(=O)C1=C[C@@H](O)[C@@H](O)[C@@H](O)[C@@H]1Cl. The molecule has 0 amide bonds. The van der Waals surface area contributed by atoms with Gasteiger partial charge in [0.2, 0.25) is 0 Å². The van der Waals surface area contributed by atoms with Gasteiger partial charge in [0.1, 0.15) is 18.3 Å². The average Bonchev–Trinajstić information content (AvgIpc) is 2.19. The number of carbonyl (C=O) groups is 1. The molecule has 0 saturated carbocycles. The predicted octanol–water partition coefficient (Wildman–Crippen LogP) is -1.21. The summed E-state index contributed by atoms with van der Waals surface area (Å²) in [6.45, 7) is 0. The van der Waals surface area contributed by atoms with Crippen molar-refractivity contribution < 1.29 is 24.9 Å². The summed E-state index contributed by atoms with van der Waals surface area (Å²) in [6, 6.07) is 0. The molecule has 6 heteroatoms. The lowest BCUT2D eigenvalue weighted by molar-refractivity contribution is -0.137. The van der Waals surface area contributed by atoms with Crippen LogP contribution in [0.1, 0.15) is 0 Å². The maximum atomic E-state index is 11.1. The van der Waals surface area contributed by atoms with Crippen LogP contribution in [0.25, 0.3) is 0 Å². The molecular formula is C8H11ClO5. The third kappa shape index (κ3) is 1.90. The Bertz CT molecular complexity index is 264. The molecule has 0 aliphatic heterocycles. The third-order valence-electron chi connectivity index (χ3n) is 2.07. The van der Waals surface area contributed by atoms with E-state index in [-0.39, 0.29) is 5.57 Å². The van der Waals surface area contributed by atoms with Crippen LogP contribution in [0.5, 0.6) is 0 Å². The molecule has 0 bridgehead atoms. The Morgan fingerprint density at radius 1 is 1.43 bits per heavy atom. The van der Waals surface area contributed by atoms with Gasteiger partial charge in [-0.25, -0.2) is 4.79 Å². The molecule has 0 aromatic rings. The third-order valence-corrected chi connectivity index (χ3v) is 2.56. The summed E-state index contributed by atoms with van der Waals surface area (Å²) in [7, 11) is 1.16. The van der Waals surface area contributed by atoms with Crippen molar-refractivity contribution in [2.24, 2.45) is 0 Å². The normalized spacial score (nSPS) is 37.6. The lowest BCUT2D eigenvalue weighted by Crippen LogP contribution is -2.47. The number of alkyl halides is 1. The number of aliphatic hydroxyl groups is 3. The molecule has 1 aliphatic rings. The summed E-state index contributed by atoms with van der Waals surface area (Å²) >= 11 is 5.68. The highest BCUT2D eigenvalue weighted by molar-refractivity contribution is 6.25. The number of carbonyl (C=O) groups excluding carboxylic acids is 1. The van der Waals surface area contributed by atoms with E-state index in [1.54, 1.807) is 0 Å². The summed E-state index contributed by atoms with van der Waals surface area (Å²) in [5.41, 5.74) is -0.0422. The highest BCUT2D eigenvalue weighted by Gasteiger charge is 2.39. The van der Waals surface area contributed by atoms with Crippen LogP contribution in [0.15, 0.2) is 11.6 Å². The molecular weight excluding hydrogens is 212 g/mol. The van der Waals surface area contributed by atoms with Crippen LogP contribution in [0.4, 0.5) is 0 Å². The van der Waals surface area contributed by atoms with Crippen LogP contribution in [0.3, 0.4) is 0 Å². The van der Waals surface area contributed by atoms with Gasteiger partial charge in [-0.2, -0.15) is 0 Å². The minimum Gasteiger partial charge on any atom is -0.466 e. The van der Waals surface area contributed by atoms with Crippen molar-refractivity contribution in [3.05, 3.63) is 11.6 Å². The van der Waals surface area contributed by atoms with E-state index >= 15 is 0 Å². The molecule has 0 saturated heterocycles. The van der Waals surface area contributed by atoms with Crippen molar-refractivity contribution in [2.45, 2.75) is 23.7 Å². The molecule has 0 spiro atoms. The largest absolute Gasteiger partial charge is 0.466 e. The predicted molar refractivity (Wildman–Crippen MR) is 47.8 cm³/mol. The lowest BCUT2D eigenvalue weighted by Gasteiger charge is -2.30. The minimum atomic E-state index is -1.38. The standard InChI is InChI=1S/C8H11ClO5/c1-14-8(13)3-2-4(10)6(11)7(12)5(3)9/h2,4-7,10-12H,1H3/t4-,5-,6-,7+/m1/s1. The zero-order chi connectivity index (χ0) is 10.9. The molecule has 4 atom stereocenters. The molecule has 3 N–H and O–H groups in total. The second kappa shape index (κ2) is 4.27. The summed E-state index contributed by atoms with van der Waals surface area (Å²) in [5, 5.41) is 26.7. The van der Waals surface area contributed by atoms with Crippen LogP contribution in [-0.4, -0.2) is 52.1 Å². The number of hydrogen-bond donors (Lipinski definition) is 3. The van der Waals surface area contributed by atoms with E-state index in [0.717, 1.165) is 13.2 Å². The molecule has 1 rings (SSSR count). The maximum Gasteiger partial charge on any atom is 0.335 e. The second-order valence-electron chi connectivity index (χ2n) is 2.99. The molecule has 14 heavy (non-hydrogen) atoms. The van der Waals surface area contributed by atoms with Gasteiger partial charge in [-0.3, -0.25) is 0 Å². The number of methoxy groups -OCH3 is 1. The molecule has 0 unspecified atom stereocenters. The van der Waals surface area contributed by atoms with E-state index in [4.69, 9.17) is 11.6 Å². The van der Waals surface area contributed by atoms with Crippen molar-refractivity contribution in [1.82, 2.24) is 0 Å². The van der Waals surface area contributed by atoms with Crippen LogP contribution >= 0.6 is 11.6 Å². The smallest absolute Gasteiger partial charge is 0.335 e. The lowest BCUT2D eigenvalue weighted by atomic mass is 9.92. The van der Waals surface area contributed by atoms with Crippen LogP contribution < -0.4 is 0 Å². The Morgan fingerprint density at radius 2 is 2.00 bits per heavy atom. The van der Waals surface area contributed by atoms with Gasteiger partial charge in [-0.1, -0.05) is 0 Å². The summed E-state index contributed by atoms with van der Waals surface area (Å²) in [4.78, 5) is 11.1. The number of hydrogen-bond acceptors (Lipinski definition) is 5. The monoisotopic (exact) mass is 222 g/mol. The van der Waals surface area contributed by atoms with Crippen molar-refractivity contribution in [3.8, 4) is 0 Å². The molecule has 0 heterocycles. The average molecular weight is 223 g/mol. The number of ether oxygens (including phenoxy) is 1. The van der Waals surface area contributed by atoms with E-state index < -0.39 is 29.7 Å². The van der Waals surface area contributed by atoms with E-state index in [2.05, 4.69) is 4.74 Å². The highest BCUT2D eigenvalue weighted by atomic mass is 35.5. The molecule has 0 radical (unpaired) electrons. The first-order valence-electron chi connectivity index (χ1n) is 3.97. The van der Waals surface area contributed by atoms with Gasteiger partial charge < -0.3 is 20.1 Å². The molecule has 0 aromatic heterocycles. The number of esters is 1. The Balaban J connectivity index is 2.95. The van der Waals surface area contributed by atoms with E-state index in [1.165, 1.54) is 0 Å². The van der Waals surface area contributed by atoms with Crippen molar-refractivity contribution >= 4 is 17.6 Å². The fourth-order valence-electron chi connectivity index (χ4n) is 1.23. The van der Waals surface area contributed by atoms with Crippen molar-refractivity contribution in [2.75, 3.05) is 7.11 Å². The van der Waals surface area contributed by atoms with E-state index in [1.807, 2.05) is 0 Å². The number of halogens is 1. The first-order chi connectivity index (χ1) is 6.49. The van der Waals surface area contributed by atoms with Gasteiger partial charge in [-0.15, -0.1) is 11.6 Å². The minimum absolute atomic E-state index is 0.0422. The Morgan fingerprint density at radius 3 is 2.50 bits per heavy atom. The summed E-state index contributed by atoms with van der Waals surface area (Å²) in [5.74, 6) is -0.727. The van der Waals surface area contributed by atoms with Crippen LogP contribution in [0, 0.1) is 0 Å². The van der Waals surface area contributed by atoms with Gasteiger partial charge >= 0.3 is 5.97 Å². The number of aliphatic hydroxyl groups excluding tert-OH is 3. The molecule has 0 fully saturated rings. The summed E-state index contributed by atoms with van der Waals surface area (Å²) < 4.78 is 4.40. The maximum absolute atomic E-state index is 11.1. The van der Waals surface area contributed by atoms with Gasteiger partial charge in [0.25, 0.3) is 0 Å². The van der Waals surface area contributed by atoms with Gasteiger partial charge in [0.15, 0.2) is 0 Å². The van der Waals surface area contributed by atoms with E-state index in [9.17, 15) is 20.1 Å². The van der Waals surface area contributed by atoms with Gasteiger partial charge in [0.05, 0.1) is 18.1 Å². The first-order valence-corrected chi connectivity index (χ1v) is 4.41. The van der Waals surface area contributed by atoms with Gasteiger partial charge in [-0.05, 0) is 6.08 Å². The fourth-order valence-corrected chi connectivity index (χ4v) is 1.54. The highest BCUT2D eigenvalue weighted by Crippen LogP contribution is 2.25. The Hall–Kier alpha value is -0.620. The quantitative estimate of drug-likeness (QED) is 0.383. The van der Waals surface area contributed by atoms with Crippen LogP contribution in [0.2, 0.25) is 0 Å². The fraction of sp³-hybridized carbons (Fsp3) is 0.625. The molecule has 1 aliphatic carbocycles. The zero-order valence-electron chi connectivity index (χ0n) is 7.42. The molecule has 80 valence electrons. The Labute approximate surface area is 85.6 Å². The van der Waals surface area contributed by atoms with Crippen molar-refractivity contribution in [1.29, 1.82) is 0 Å². The zero-order valence-corrected chi connectivity index (χ0v) is 8.18. The molecule has 5 nitrogen and oxygen atoms in total. The topological polar surface area (TPSA) is 87.0 Å². The van der Waals surface area contributed by atoms with Crippen LogP contribution in [-0.2, 0) is 9.53 Å². The molecule has 0 aromatic carbocycles. The number of rotatable bonds is 1. The Kier molecular flexibility index (Phi) is 3.49.